The predicted molar refractivity (Wildman–Crippen MR) is 91.4 cm³/mol. The number of benzene rings is 1. The summed E-state index contributed by atoms with van der Waals surface area (Å²) in [6, 6.07) is 6.85. The molecule has 0 spiro atoms. The molecule has 0 bridgehead atoms. The maximum Gasteiger partial charge on any atom is 0.251 e. The zero-order chi connectivity index (χ0) is 15.9. The van der Waals surface area contributed by atoms with Gasteiger partial charge in [-0.25, -0.2) is 4.98 Å². The molecule has 0 saturated carbocycles. The highest BCUT2D eigenvalue weighted by Crippen LogP contribution is 2.13. The number of hydrogen-bond donors (Lipinski definition) is 1. The number of rotatable bonds is 7. The Morgan fingerprint density at radius 2 is 1.95 bits per heavy atom. The average molecular weight is 338 g/mol. The summed E-state index contributed by atoms with van der Waals surface area (Å²) in [4.78, 5) is 18.9. The van der Waals surface area contributed by atoms with Crippen LogP contribution in [0.5, 0.6) is 0 Å². The molecule has 0 atom stereocenters. The Morgan fingerprint density at radius 3 is 2.59 bits per heavy atom. The molecule has 1 aromatic carbocycles. The van der Waals surface area contributed by atoms with E-state index in [1.54, 1.807) is 35.6 Å². The van der Waals surface area contributed by atoms with Gasteiger partial charge in [-0.1, -0.05) is 25.4 Å². The lowest BCUT2D eigenvalue weighted by Gasteiger charge is -2.15. The second kappa shape index (κ2) is 8.27. The standard InChI is InChI=1S/C16H20ClN3OS/c1-3-20(4-2)10-14-11-22-15(19-14)9-18-16(21)12-5-7-13(17)8-6-12/h5-8,11H,3-4,9-10H2,1-2H3,(H,18,21). The Morgan fingerprint density at radius 1 is 1.27 bits per heavy atom. The molecule has 22 heavy (non-hydrogen) atoms. The van der Waals surface area contributed by atoms with E-state index in [4.69, 9.17) is 11.6 Å². The van der Waals surface area contributed by atoms with Crippen LogP contribution in [0.4, 0.5) is 0 Å². The lowest BCUT2D eigenvalue weighted by molar-refractivity contribution is 0.0951. The average Bonchev–Trinajstić information content (AvgIpc) is 2.98. The van der Waals surface area contributed by atoms with Crippen molar-refractivity contribution < 1.29 is 4.79 Å². The molecular weight excluding hydrogens is 318 g/mol. The molecular formula is C16H20ClN3OS. The number of nitrogens with one attached hydrogen (secondary N) is 1. The van der Waals surface area contributed by atoms with Crippen LogP contribution in [0, 0.1) is 0 Å². The fourth-order valence-electron chi connectivity index (χ4n) is 2.04. The molecule has 1 heterocycles. The molecule has 0 radical (unpaired) electrons. The van der Waals surface area contributed by atoms with Crippen molar-refractivity contribution in [2.75, 3.05) is 13.1 Å². The zero-order valence-corrected chi connectivity index (χ0v) is 14.4. The quantitative estimate of drug-likeness (QED) is 0.840. The normalized spacial score (nSPS) is 10.9. The summed E-state index contributed by atoms with van der Waals surface area (Å²) in [5.74, 6) is -0.114. The van der Waals surface area contributed by atoms with E-state index in [0.717, 1.165) is 30.3 Å². The summed E-state index contributed by atoms with van der Waals surface area (Å²) in [5, 5.41) is 6.48. The van der Waals surface area contributed by atoms with Crippen molar-refractivity contribution in [3.63, 3.8) is 0 Å². The van der Waals surface area contributed by atoms with E-state index in [0.29, 0.717) is 17.1 Å². The highest BCUT2D eigenvalue weighted by atomic mass is 35.5. The Kier molecular flexibility index (Phi) is 6.36. The molecule has 1 aromatic heterocycles. The van der Waals surface area contributed by atoms with Crippen LogP contribution in [0.2, 0.25) is 5.02 Å². The lowest BCUT2D eigenvalue weighted by Crippen LogP contribution is -2.23. The van der Waals surface area contributed by atoms with E-state index in [1.807, 2.05) is 0 Å². The van der Waals surface area contributed by atoms with Crippen molar-refractivity contribution in [1.29, 1.82) is 0 Å². The van der Waals surface area contributed by atoms with Gasteiger partial charge in [0, 0.05) is 22.5 Å². The van der Waals surface area contributed by atoms with Crippen molar-refractivity contribution in [3.8, 4) is 0 Å². The van der Waals surface area contributed by atoms with Crippen molar-refractivity contribution in [1.82, 2.24) is 15.2 Å². The predicted octanol–water partition coefficient (Wildman–Crippen LogP) is 3.57. The van der Waals surface area contributed by atoms with Crippen molar-refractivity contribution in [3.05, 3.63) is 50.9 Å². The lowest BCUT2D eigenvalue weighted by atomic mass is 10.2. The molecule has 0 saturated heterocycles. The van der Waals surface area contributed by atoms with Crippen LogP contribution in [0.1, 0.15) is 34.9 Å². The summed E-state index contributed by atoms with van der Waals surface area (Å²) in [7, 11) is 0. The third-order valence-electron chi connectivity index (χ3n) is 3.39. The second-order valence-electron chi connectivity index (χ2n) is 4.88. The highest BCUT2D eigenvalue weighted by Gasteiger charge is 2.09. The molecule has 1 N–H and O–H groups in total. The number of carbonyl (C=O) groups excluding carboxylic acids is 1. The smallest absolute Gasteiger partial charge is 0.251 e. The Bertz CT molecular complexity index is 608. The van der Waals surface area contributed by atoms with E-state index in [2.05, 4.69) is 34.4 Å². The maximum absolute atomic E-state index is 12.0. The number of aromatic nitrogens is 1. The molecule has 6 heteroatoms. The van der Waals surface area contributed by atoms with Crippen LogP contribution in [0.3, 0.4) is 0 Å². The van der Waals surface area contributed by atoms with E-state index in [9.17, 15) is 4.79 Å². The first-order chi connectivity index (χ1) is 10.6. The Hall–Kier alpha value is -1.43. The minimum Gasteiger partial charge on any atom is -0.346 e. The van der Waals surface area contributed by atoms with Gasteiger partial charge in [0.05, 0.1) is 12.2 Å². The van der Waals surface area contributed by atoms with E-state index in [1.165, 1.54) is 0 Å². The van der Waals surface area contributed by atoms with Gasteiger partial charge in [-0.3, -0.25) is 9.69 Å². The highest BCUT2D eigenvalue weighted by molar-refractivity contribution is 7.09. The third kappa shape index (κ3) is 4.80. The molecule has 0 aliphatic heterocycles. The van der Waals surface area contributed by atoms with Gasteiger partial charge in [-0.05, 0) is 37.4 Å². The molecule has 0 aliphatic rings. The summed E-state index contributed by atoms with van der Waals surface area (Å²) >= 11 is 7.39. The van der Waals surface area contributed by atoms with Gasteiger partial charge in [-0.15, -0.1) is 11.3 Å². The minimum atomic E-state index is -0.114. The van der Waals surface area contributed by atoms with Gasteiger partial charge >= 0.3 is 0 Å². The van der Waals surface area contributed by atoms with Gasteiger partial charge in [-0.2, -0.15) is 0 Å². The number of halogens is 1. The van der Waals surface area contributed by atoms with Crippen LogP contribution < -0.4 is 5.32 Å². The van der Waals surface area contributed by atoms with Gasteiger partial charge in [0.25, 0.3) is 5.91 Å². The first-order valence-electron chi connectivity index (χ1n) is 7.31. The Labute approximate surface area is 140 Å². The summed E-state index contributed by atoms with van der Waals surface area (Å²) in [5.41, 5.74) is 1.66. The largest absolute Gasteiger partial charge is 0.346 e. The topological polar surface area (TPSA) is 45.2 Å². The molecule has 0 aliphatic carbocycles. The fourth-order valence-corrected chi connectivity index (χ4v) is 2.89. The summed E-state index contributed by atoms with van der Waals surface area (Å²) in [6.07, 6.45) is 0. The van der Waals surface area contributed by atoms with Gasteiger partial charge < -0.3 is 5.32 Å². The third-order valence-corrected chi connectivity index (χ3v) is 4.54. The van der Waals surface area contributed by atoms with Crippen molar-refractivity contribution in [2.45, 2.75) is 26.9 Å². The summed E-state index contributed by atoms with van der Waals surface area (Å²) < 4.78 is 0. The van der Waals surface area contributed by atoms with Gasteiger partial charge in [0.2, 0.25) is 0 Å². The molecule has 118 valence electrons. The van der Waals surface area contributed by atoms with Crippen molar-refractivity contribution >= 4 is 28.8 Å². The number of thiazole rings is 1. The van der Waals surface area contributed by atoms with E-state index >= 15 is 0 Å². The zero-order valence-electron chi connectivity index (χ0n) is 12.8. The number of nitrogens with zero attached hydrogens (tertiary/aromatic N) is 2. The van der Waals surface area contributed by atoms with E-state index < -0.39 is 0 Å². The molecule has 0 fully saturated rings. The first-order valence-corrected chi connectivity index (χ1v) is 8.57. The SMILES string of the molecule is CCN(CC)Cc1csc(CNC(=O)c2ccc(Cl)cc2)n1. The number of carbonyl (C=O) groups is 1. The van der Waals surface area contributed by atoms with Crippen LogP contribution in [-0.4, -0.2) is 28.9 Å². The molecule has 2 rings (SSSR count). The minimum absolute atomic E-state index is 0.114. The first kappa shape index (κ1) is 16.9. The van der Waals surface area contributed by atoms with Gasteiger partial charge in [0.15, 0.2) is 0 Å². The maximum atomic E-state index is 12.0. The van der Waals surface area contributed by atoms with Crippen LogP contribution in [0.25, 0.3) is 0 Å². The Balaban J connectivity index is 1.88. The van der Waals surface area contributed by atoms with Crippen LogP contribution in [0.15, 0.2) is 29.6 Å². The number of amides is 1. The monoisotopic (exact) mass is 337 g/mol. The van der Waals surface area contributed by atoms with Crippen LogP contribution >= 0.6 is 22.9 Å². The number of hydrogen-bond acceptors (Lipinski definition) is 4. The molecule has 4 nitrogen and oxygen atoms in total. The molecule has 0 unspecified atom stereocenters. The van der Waals surface area contributed by atoms with Crippen LogP contribution in [-0.2, 0) is 13.1 Å². The van der Waals surface area contributed by atoms with Crippen molar-refractivity contribution in [2.24, 2.45) is 0 Å². The fraction of sp³-hybridized carbons (Fsp3) is 0.375. The summed E-state index contributed by atoms with van der Waals surface area (Å²) in [6.45, 7) is 7.61. The van der Waals surface area contributed by atoms with Gasteiger partial charge in [0.1, 0.15) is 5.01 Å². The second-order valence-corrected chi connectivity index (χ2v) is 6.26. The molecule has 1 amide bonds. The molecule has 2 aromatic rings. The van der Waals surface area contributed by atoms with E-state index in [-0.39, 0.29) is 5.91 Å².